The fourth-order valence-electron chi connectivity index (χ4n) is 1.36. The van der Waals surface area contributed by atoms with Gasteiger partial charge in [0.05, 0.1) is 12.6 Å². The van der Waals surface area contributed by atoms with Gasteiger partial charge >= 0.3 is 0 Å². The molecule has 0 saturated heterocycles. The van der Waals surface area contributed by atoms with E-state index in [1.807, 2.05) is 44.2 Å². The van der Waals surface area contributed by atoms with Gasteiger partial charge in [-0.1, -0.05) is 30.3 Å². The van der Waals surface area contributed by atoms with Crippen LogP contribution in [-0.4, -0.2) is 30.0 Å². The Morgan fingerprint density at radius 1 is 1.25 bits per heavy atom. The van der Waals surface area contributed by atoms with Gasteiger partial charge in [0.2, 0.25) is 0 Å². The van der Waals surface area contributed by atoms with Crippen molar-refractivity contribution in [3.8, 4) is 0 Å². The second kappa shape index (κ2) is 7.63. The number of hydrogen-bond donors (Lipinski definition) is 1. The summed E-state index contributed by atoms with van der Waals surface area (Å²) in [4.78, 5) is 0. The van der Waals surface area contributed by atoms with E-state index in [0.29, 0.717) is 6.54 Å². The monoisotopic (exact) mass is 245 g/mol. The summed E-state index contributed by atoms with van der Waals surface area (Å²) in [5.74, 6) is 0. The standard InChI is InChI=1S/C12H19NO2.ClH/c1-10(2)13(14)9-12(15-3)11-7-5-4-6-8-11;/h4-8,10,12,14H,9H2,1-3H3;1H. The molecule has 0 radical (unpaired) electrons. The number of nitrogens with zero attached hydrogens (tertiary/aromatic N) is 1. The molecule has 1 atom stereocenters. The molecule has 0 aliphatic rings. The summed E-state index contributed by atoms with van der Waals surface area (Å²) >= 11 is 0. The minimum absolute atomic E-state index is 0. The fourth-order valence-corrected chi connectivity index (χ4v) is 1.36. The van der Waals surface area contributed by atoms with E-state index in [9.17, 15) is 5.21 Å². The summed E-state index contributed by atoms with van der Waals surface area (Å²) < 4.78 is 5.36. The molecule has 3 nitrogen and oxygen atoms in total. The smallest absolute Gasteiger partial charge is 0.0971 e. The highest BCUT2D eigenvalue weighted by atomic mass is 35.5. The second-order valence-electron chi connectivity index (χ2n) is 3.85. The van der Waals surface area contributed by atoms with Crippen molar-refractivity contribution in [1.82, 2.24) is 5.06 Å². The van der Waals surface area contributed by atoms with E-state index >= 15 is 0 Å². The number of rotatable bonds is 5. The highest BCUT2D eigenvalue weighted by Gasteiger charge is 2.15. The van der Waals surface area contributed by atoms with Crippen LogP contribution in [0, 0.1) is 0 Å². The molecule has 1 N–H and O–H groups in total. The third kappa shape index (κ3) is 4.49. The molecule has 0 aromatic heterocycles. The van der Waals surface area contributed by atoms with Gasteiger partial charge in [-0.3, -0.25) is 0 Å². The van der Waals surface area contributed by atoms with Crippen molar-refractivity contribution in [2.45, 2.75) is 26.0 Å². The highest BCUT2D eigenvalue weighted by Crippen LogP contribution is 2.17. The Labute approximate surface area is 103 Å². The molecular weight excluding hydrogens is 226 g/mol. The molecule has 92 valence electrons. The molecule has 4 heteroatoms. The fraction of sp³-hybridized carbons (Fsp3) is 0.500. The van der Waals surface area contributed by atoms with Gasteiger partial charge in [-0.05, 0) is 19.4 Å². The van der Waals surface area contributed by atoms with Crippen LogP contribution in [-0.2, 0) is 4.74 Å². The van der Waals surface area contributed by atoms with Crippen LogP contribution in [0.25, 0.3) is 0 Å². The van der Waals surface area contributed by atoms with Gasteiger partial charge in [0.25, 0.3) is 0 Å². The van der Waals surface area contributed by atoms with Crippen LogP contribution in [0.3, 0.4) is 0 Å². The molecule has 1 unspecified atom stereocenters. The molecule has 0 spiro atoms. The molecule has 0 amide bonds. The summed E-state index contributed by atoms with van der Waals surface area (Å²) in [5.41, 5.74) is 1.08. The van der Waals surface area contributed by atoms with Crippen LogP contribution in [0.1, 0.15) is 25.5 Å². The summed E-state index contributed by atoms with van der Waals surface area (Å²) in [5, 5.41) is 10.9. The summed E-state index contributed by atoms with van der Waals surface area (Å²) in [6.07, 6.45) is -0.0846. The molecule has 1 aromatic carbocycles. The normalized spacial score (nSPS) is 12.6. The summed E-state index contributed by atoms with van der Waals surface area (Å²) in [6.45, 7) is 4.37. The van der Waals surface area contributed by atoms with Crippen LogP contribution < -0.4 is 0 Å². The average Bonchev–Trinajstić information content (AvgIpc) is 2.26. The predicted molar refractivity (Wildman–Crippen MR) is 67.1 cm³/mol. The van der Waals surface area contributed by atoms with Crippen molar-refractivity contribution in [2.24, 2.45) is 0 Å². The summed E-state index contributed by atoms with van der Waals surface area (Å²) in [6, 6.07) is 10.0. The first kappa shape index (κ1) is 15.4. The first-order chi connectivity index (χ1) is 7.15. The van der Waals surface area contributed by atoms with Crippen molar-refractivity contribution < 1.29 is 9.94 Å². The number of methoxy groups -OCH3 is 1. The lowest BCUT2D eigenvalue weighted by atomic mass is 10.1. The molecule has 1 rings (SSSR count). The maximum Gasteiger partial charge on any atom is 0.0971 e. The van der Waals surface area contributed by atoms with E-state index in [4.69, 9.17) is 4.74 Å². The van der Waals surface area contributed by atoms with Gasteiger partial charge in [-0.15, -0.1) is 12.4 Å². The van der Waals surface area contributed by atoms with Gasteiger partial charge in [0.15, 0.2) is 0 Å². The van der Waals surface area contributed by atoms with E-state index in [0.717, 1.165) is 5.56 Å². The number of halogens is 1. The number of benzene rings is 1. The largest absolute Gasteiger partial charge is 0.375 e. The van der Waals surface area contributed by atoms with Gasteiger partial charge < -0.3 is 9.94 Å². The third-order valence-corrected chi connectivity index (χ3v) is 2.40. The Balaban J connectivity index is 0.00000225. The van der Waals surface area contributed by atoms with Gasteiger partial charge in [-0.25, -0.2) is 0 Å². The van der Waals surface area contributed by atoms with Crippen molar-refractivity contribution in [1.29, 1.82) is 0 Å². The quantitative estimate of drug-likeness (QED) is 0.810. The van der Waals surface area contributed by atoms with E-state index < -0.39 is 0 Å². The van der Waals surface area contributed by atoms with Crippen LogP contribution in [0.5, 0.6) is 0 Å². The Morgan fingerprint density at radius 3 is 2.25 bits per heavy atom. The molecule has 0 bridgehead atoms. The minimum atomic E-state index is -0.0846. The predicted octanol–water partition coefficient (Wildman–Crippen LogP) is 2.90. The lowest BCUT2D eigenvalue weighted by molar-refractivity contribution is -0.141. The molecule has 0 saturated carbocycles. The Kier molecular flexibility index (Phi) is 7.34. The molecule has 1 aromatic rings. The highest BCUT2D eigenvalue weighted by molar-refractivity contribution is 5.85. The maximum absolute atomic E-state index is 9.64. The van der Waals surface area contributed by atoms with Crippen LogP contribution in [0.15, 0.2) is 30.3 Å². The van der Waals surface area contributed by atoms with Crippen molar-refractivity contribution in [3.05, 3.63) is 35.9 Å². The number of hydroxylamine groups is 2. The second-order valence-corrected chi connectivity index (χ2v) is 3.85. The van der Waals surface area contributed by atoms with E-state index in [1.54, 1.807) is 7.11 Å². The Bertz CT molecular complexity index is 280. The molecule has 0 aliphatic heterocycles. The number of hydrogen-bond acceptors (Lipinski definition) is 3. The number of ether oxygens (including phenoxy) is 1. The van der Waals surface area contributed by atoms with Gasteiger partial charge in [0.1, 0.15) is 0 Å². The first-order valence-electron chi connectivity index (χ1n) is 5.18. The zero-order valence-corrected chi connectivity index (χ0v) is 10.8. The van der Waals surface area contributed by atoms with Gasteiger partial charge in [0, 0.05) is 13.2 Å². The zero-order chi connectivity index (χ0) is 11.3. The third-order valence-electron chi connectivity index (χ3n) is 2.40. The molecule has 16 heavy (non-hydrogen) atoms. The van der Waals surface area contributed by atoms with Gasteiger partial charge in [-0.2, -0.15) is 5.06 Å². The van der Waals surface area contributed by atoms with Crippen molar-refractivity contribution >= 4 is 12.4 Å². The Morgan fingerprint density at radius 2 is 1.81 bits per heavy atom. The summed E-state index contributed by atoms with van der Waals surface area (Å²) in [7, 11) is 1.66. The molecular formula is C12H20ClNO2. The average molecular weight is 246 g/mol. The molecule has 0 heterocycles. The van der Waals surface area contributed by atoms with Crippen molar-refractivity contribution in [2.75, 3.05) is 13.7 Å². The Hall–Kier alpha value is -0.610. The van der Waals surface area contributed by atoms with Crippen LogP contribution in [0.4, 0.5) is 0 Å². The van der Waals surface area contributed by atoms with Crippen LogP contribution in [0.2, 0.25) is 0 Å². The molecule has 0 aliphatic carbocycles. The van der Waals surface area contributed by atoms with Crippen molar-refractivity contribution in [3.63, 3.8) is 0 Å². The first-order valence-corrected chi connectivity index (χ1v) is 5.18. The van der Waals surface area contributed by atoms with Crippen LogP contribution >= 0.6 is 12.4 Å². The maximum atomic E-state index is 9.64. The van der Waals surface area contributed by atoms with E-state index in [-0.39, 0.29) is 24.6 Å². The molecule has 0 fully saturated rings. The van der Waals surface area contributed by atoms with E-state index in [1.165, 1.54) is 5.06 Å². The van der Waals surface area contributed by atoms with E-state index in [2.05, 4.69) is 0 Å². The SMILES string of the molecule is COC(CN(O)C(C)C)c1ccccc1.Cl. The zero-order valence-electron chi connectivity index (χ0n) is 9.96. The minimum Gasteiger partial charge on any atom is -0.375 e. The topological polar surface area (TPSA) is 32.7 Å². The lowest BCUT2D eigenvalue weighted by Gasteiger charge is -2.24. The lowest BCUT2D eigenvalue weighted by Crippen LogP contribution is -2.32.